The Bertz CT molecular complexity index is 342. The van der Waals surface area contributed by atoms with E-state index < -0.39 is 0 Å². The van der Waals surface area contributed by atoms with Gasteiger partial charge in [0.15, 0.2) is 0 Å². The molecule has 4 heteroatoms. The van der Waals surface area contributed by atoms with Crippen LogP contribution in [0.5, 0.6) is 5.75 Å². The number of hydrogen-bond acceptors (Lipinski definition) is 3. The average Bonchev–Trinajstić information content (AvgIpc) is 2.30. The van der Waals surface area contributed by atoms with E-state index in [2.05, 4.69) is 0 Å². The highest BCUT2D eigenvalue weighted by atomic mass is 35.5. The maximum atomic E-state index is 6.11. The lowest BCUT2D eigenvalue weighted by atomic mass is 10.1. The third kappa shape index (κ3) is 4.94. The summed E-state index contributed by atoms with van der Waals surface area (Å²) >= 11 is 6.11. The van der Waals surface area contributed by atoms with Crippen molar-refractivity contribution in [3.05, 3.63) is 28.8 Å². The van der Waals surface area contributed by atoms with Crippen molar-refractivity contribution in [2.24, 2.45) is 5.73 Å². The Morgan fingerprint density at radius 3 is 2.59 bits per heavy atom. The number of ether oxygens (including phenoxy) is 2. The lowest BCUT2D eigenvalue weighted by Crippen LogP contribution is -2.05. The second kappa shape index (κ2) is 7.54. The van der Waals surface area contributed by atoms with Crippen LogP contribution in [0.2, 0.25) is 5.02 Å². The van der Waals surface area contributed by atoms with Gasteiger partial charge in [-0.15, -0.1) is 0 Å². The van der Waals surface area contributed by atoms with Crippen molar-refractivity contribution in [1.29, 1.82) is 0 Å². The Morgan fingerprint density at radius 2 is 2.00 bits per heavy atom. The van der Waals surface area contributed by atoms with Crippen LogP contribution in [-0.4, -0.2) is 20.3 Å². The first kappa shape index (κ1) is 14.3. The van der Waals surface area contributed by atoms with Crippen LogP contribution in [0.1, 0.15) is 31.4 Å². The largest absolute Gasteiger partial charge is 0.492 e. The molecule has 0 aliphatic rings. The van der Waals surface area contributed by atoms with Crippen LogP contribution in [-0.2, 0) is 4.74 Å². The quantitative estimate of drug-likeness (QED) is 0.763. The Balaban J connectivity index is 2.43. The predicted octanol–water partition coefficient (Wildman–Crippen LogP) is 3.17. The van der Waals surface area contributed by atoms with E-state index in [1.807, 2.05) is 25.1 Å². The predicted molar refractivity (Wildman–Crippen MR) is 70.7 cm³/mol. The Labute approximate surface area is 108 Å². The van der Waals surface area contributed by atoms with Gasteiger partial charge in [0.1, 0.15) is 5.75 Å². The van der Waals surface area contributed by atoms with Crippen molar-refractivity contribution in [2.45, 2.75) is 25.8 Å². The number of rotatable bonds is 7. The van der Waals surface area contributed by atoms with Gasteiger partial charge in [0.05, 0.1) is 11.6 Å². The number of methoxy groups -OCH3 is 1. The first-order valence-electron chi connectivity index (χ1n) is 5.82. The third-order valence-corrected chi connectivity index (χ3v) is 2.78. The zero-order chi connectivity index (χ0) is 12.7. The minimum Gasteiger partial charge on any atom is -0.492 e. The maximum absolute atomic E-state index is 6.11. The lowest BCUT2D eigenvalue weighted by molar-refractivity contribution is 0.184. The molecule has 2 N–H and O–H groups in total. The van der Waals surface area contributed by atoms with Crippen LogP contribution >= 0.6 is 11.6 Å². The van der Waals surface area contributed by atoms with Crippen LogP contribution in [0.4, 0.5) is 0 Å². The van der Waals surface area contributed by atoms with E-state index in [1.165, 1.54) is 0 Å². The zero-order valence-corrected chi connectivity index (χ0v) is 11.2. The van der Waals surface area contributed by atoms with Gasteiger partial charge in [0, 0.05) is 19.8 Å². The minimum atomic E-state index is -0.0109. The fourth-order valence-corrected chi connectivity index (χ4v) is 1.69. The van der Waals surface area contributed by atoms with Gasteiger partial charge in [0.2, 0.25) is 0 Å². The molecule has 1 aromatic carbocycles. The Hall–Kier alpha value is -0.770. The van der Waals surface area contributed by atoms with Gasteiger partial charge in [-0.05, 0) is 37.5 Å². The highest BCUT2D eigenvalue weighted by Crippen LogP contribution is 2.27. The molecule has 17 heavy (non-hydrogen) atoms. The summed E-state index contributed by atoms with van der Waals surface area (Å²) in [6, 6.07) is 5.66. The van der Waals surface area contributed by atoms with Gasteiger partial charge in [-0.3, -0.25) is 0 Å². The number of hydrogen-bond donors (Lipinski definition) is 1. The van der Waals surface area contributed by atoms with E-state index in [0.717, 1.165) is 25.0 Å². The van der Waals surface area contributed by atoms with Crippen molar-refractivity contribution < 1.29 is 9.47 Å². The molecule has 3 nitrogen and oxygen atoms in total. The number of unbranched alkanes of at least 4 members (excludes halogenated alkanes) is 1. The summed E-state index contributed by atoms with van der Waals surface area (Å²) in [7, 11) is 1.70. The second-order valence-corrected chi connectivity index (χ2v) is 4.43. The van der Waals surface area contributed by atoms with E-state index in [9.17, 15) is 0 Å². The zero-order valence-electron chi connectivity index (χ0n) is 10.4. The average molecular weight is 258 g/mol. The highest BCUT2D eigenvalue weighted by molar-refractivity contribution is 6.32. The molecule has 0 unspecified atom stereocenters. The fraction of sp³-hybridized carbons (Fsp3) is 0.538. The number of halogens is 1. The molecule has 1 rings (SSSR count). The molecular formula is C13H20ClNO2. The molecular weight excluding hydrogens is 238 g/mol. The van der Waals surface area contributed by atoms with E-state index >= 15 is 0 Å². The normalized spacial score (nSPS) is 12.5. The standard InChI is InChI=1S/C13H20ClNO2/c1-10(15)11-5-6-13(12(14)9-11)17-8-4-3-7-16-2/h5-6,9-10H,3-4,7-8,15H2,1-2H3/t10-/m0/s1. The summed E-state index contributed by atoms with van der Waals surface area (Å²) in [6.07, 6.45) is 1.95. The van der Waals surface area contributed by atoms with Gasteiger partial charge in [0.25, 0.3) is 0 Å². The first-order chi connectivity index (χ1) is 8.15. The minimum absolute atomic E-state index is 0.0109. The molecule has 0 spiro atoms. The molecule has 0 saturated heterocycles. The molecule has 96 valence electrons. The number of benzene rings is 1. The van der Waals surface area contributed by atoms with E-state index in [4.69, 9.17) is 26.8 Å². The summed E-state index contributed by atoms with van der Waals surface area (Å²) in [5.41, 5.74) is 6.79. The lowest BCUT2D eigenvalue weighted by Gasteiger charge is -2.11. The smallest absolute Gasteiger partial charge is 0.137 e. The molecule has 0 aliphatic heterocycles. The first-order valence-corrected chi connectivity index (χ1v) is 6.19. The van der Waals surface area contributed by atoms with Gasteiger partial charge in [-0.1, -0.05) is 17.7 Å². The summed E-state index contributed by atoms with van der Waals surface area (Å²) in [5.74, 6) is 0.716. The summed E-state index contributed by atoms with van der Waals surface area (Å²) in [5, 5.41) is 0.617. The maximum Gasteiger partial charge on any atom is 0.137 e. The van der Waals surface area contributed by atoms with E-state index in [1.54, 1.807) is 7.11 Å². The molecule has 0 radical (unpaired) electrons. The molecule has 0 amide bonds. The number of nitrogens with two attached hydrogens (primary N) is 1. The van der Waals surface area contributed by atoms with Crippen LogP contribution in [0, 0.1) is 0 Å². The van der Waals surface area contributed by atoms with E-state index in [0.29, 0.717) is 17.4 Å². The van der Waals surface area contributed by atoms with Crippen molar-refractivity contribution >= 4 is 11.6 Å². The van der Waals surface area contributed by atoms with E-state index in [-0.39, 0.29) is 6.04 Å². The van der Waals surface area contributed by atoms with Crippen LogP contribution < -0.4 is 10.5 Å². The van der Waals surface area contributed by atoms with Gasteiger partial charge >= 0.3 is 0 Å². The van der Waals surface area contributed by atoms with Gasteiger partial charge < -0.3 is 15.2 Å². The topological polar surface area (TPSA) is 44.5 Å². The second-order valence-electron chi connectivity index (χ2n) is 4.03. The summed E-state index contributed by atoms with van der Waals surface area (Å²) < 4.78 is 10.6. The van der Waals surface area contributed by atoms with Crippen molar-refractivity contribution in [3.63, 3.8) is 0 Å². The molecule has 1 atom stereocenters. The highest BCUT2D eigenvalue weighted by Gasteiger charge is 2.05. The molecule has 0 bridgehead atoms. The monoisotopic (exact) mass is 257 g/mol. The van der Waals surface area contributed by atoms with Crippen LogP contribution in [0.3, 0.4) is 0 Å². The summed E-state index contributed by atoms with van der Waals surface area (Å²) in [4.78, 5) is 0. The Kier molecular flexibility index (Phi) is 6.34. The molecule has 0 fully saturated rings. The van der Waals surface area contributed by atoms with Crippen LogP contribution in [0.15, 0.2) is 18.2 Å². The molecule has 0 aromatic heterocycles. The Morgan fingerprint density at radius 1 is 1.29 bits per heavy atom. The van der Waals surface area contributed by atoms with Gasteiger partial charge in [-0.2, -0.15) is 0 Å². The third-order valence-electron chi connectivity index (χ3n) is 2.48. The van der Waals surface area contributed by atoms with Gasteiger partial charge in [-0.25, -0.2) is 0 Å². The molecule has 1 aromatic rings. The molecule has 0 heterocycles. The van der Waals surface area contributed by atoms with Crippen molar-refractivity contribution in [1.82, 2.24) is 0 Å². The SMILES string of the molecule is COCCCCOc1ccc([C@H](C)N)cc1Cl. The fourth-order valence-electron chi connectivity index (χ4n) is 1.45. The van der Waals surface area contributed by atoms with Crippen LogP contribution in [0.25, 0.3) is 0 Å². The summed E-state index contributed by atoms with van der Waals surface area (Å²) in [6.45, 7) is 3.35. The van der Waals surface area contributed by atoms with Crippen molar-refractivity contribution in [3.8, 4) is 5.75 Å². The van der Waals surface area contributed by atoms with Crippen molar-refractivity contribution in [2.75, 3.05) is 20.3 Å². The molecule has 0 saturated carbocycles. The molecule has 0 aliphatic carbocycles.